The lowest BCUT2D eigenvalue weighted by Gasteiger charge is -2.10. The fraction of sp³-hybridized carbons (Fsp3) is 0.0435. The molecule has 0 unspecified atom stereocenters. The van der Waals surface area contributed by atoms with Gasteiger partial charge in [-0.1, -0.05) is 17.7 Å². The molecule has 7 heteroatoms. The Kier molecular flexibility index (Phi) is 6.30. The van der Waals surface area contributed by atoms with Gasteiger partial charge in [-0.25, -0.2) is 0 Å². The van der Waals surface area contributed by atoms with Crippen LogP contribution in [0, 0.1) is 34.0 Å². The lowest BCUT2D eigenvalue weighted by molar-refractivity contribution is -0.115. The fourth-order valence-corrected chi connectivity index (χ4v) is 2.91. The molecule has 30 heavy (non-hydrogen) atoms. The minimum atomic E-state index is -0.232. The van der Waals surface area contributed by atoms with Crippen molar-refractivity contribution in [2.75, 3.05) is 5.32 Å². The van der Waals surface area contributed by atoms with Crippen LogP contribution in [0.25, 0.3) is 0 Å². The molecule has 1 amide bonds. The Hall–Kier alpha value is -4.31. The Bertz CT molecular complexity index is 1200. The minimum absolute atomic E-state index is 0.0997. The molecule has 0 radical (unpaired) electrons. The molecule has 0 spiro atoms. The lowest BCUT2D eigenvalue weighted by Crippen LogP contribution is -2.14. The monoisotopic (exact) mass is 412 g/mol. The third-order valence-electron chi connectivity index (χ3n) is 4.05. The Morgan fingerprint density at radius 2 is 1.50 bits per heavy atom. The van der Waals surface area contributed by atoms with E-state index in [4.69, 9.17) is 32.1 Å². The van der Waals surface area contributed by atoms with Gasteiger partial charge in [-0.15, -0.1) is 0 Å². The molecule has 0 fully saturated rings. The fourth-order valence-electron chi connectivity index (χ4n) is 2.67. The number of anilines is 1. The molecule has 0 aromatic heterocycles. The molecular formula is C23H13ClN4O2. The van der Waals surface area contributed by atoms with E-state index in [1.807, 2.05) is 18.2 Å². The van der Waals surface area contributed by atoms with E-state index in [-0.39, 0.29) is 12.3 Å². The number of ether oxygens (including phenoxy) is 1. The summed E-state index contributed by atoms with van der Waals surface area (Å²) in [5.74, 6) is 0.426. The van der Waals surface area contributed by atoms with Crippen molar-refractivity contribution < 1.29 is 9.53 Å². The molecule has 3 rings (SSSR count). The highest BCUT2D eigenvalue weighted by Gasteiger charge is 2.10. The molecule has 0 saturated heterocycles. The number of hydrogen-bond acceptors (Lipinski definition) is 5. The zero-order valence-electron chi connectivity index (χ0n) is 15.5. The standard InChI is InChI=1S/C23H13ClN4O2/c24-21-10-16(11-23(29)28-19-4-1-15(12-25)2-5-19)3-6-22(21)30-20-8-17(13-26)7-18(9-20)14-27/h1-10H,11H2,(H,28,29). The normalized spacial score (nSPS) is 9.67. The quantitative estimate of drug-likeness (QED) is 0.638. The van der Waals surface area contributed by atoms with Crippen molar-refractivity contribution in [2.24, 2.45) is 0 Å². The minimum Gasteiger partial charge on any atom is -0.456 e. The van der Waals surface area contributed by atoms with Crippen LogP contribution in [0.4, 0.5) is 5.69 Å². The van der Waals surface area contributed by atoms with Gasteiger partial charge in [0.2, 0.25) is 5.91 Å². The van der Waals surface area contributed by atoms with E-state index in [1.165, 1.54) is 18.2 Å². The summed E-state index contributed by atoms with van der Waals surface area (Å²) in [7, 11) is 0. The molecule has 1 N–H and O–H groups in total. The molecule has 0 atom stereocenters. The zero-order chi connectivity index (χ0) is 21.5. The number of benzene rings is 3. The van der Waals surface area contributed by atoms with Crippen LogP contribution in [-0.2, 0) is 11.2 Å². The molecule has 0 heterocycles. The van der Waals surface area contributed by atoms with E-state index >= 15 is 0 Å². The van der Waals surface area contributed by atoms with E-state index in [0.717, 1.165) is 0 Å². The second-order valence-corrected chi connectivity index (χ2v) is 6.66. The number of carbonyl (C=O) groups is 1. The van der Waals surface area contributed by atoms with Crippen molar-refractivity contribution in [3.05, 3.63) is 87.9 Å². The van der Waals surface area contributed by atoms with Crippen molar-refractivity contribution in [3.8, 4) is 29.7 Å². The Balaban J connectivity index is 1.69. The largest absolute Gasteiger partial charge is 0.456 e. The molecule has 0 saturated carbocycles. The average Bonchev–Trinajstić information content (AvgIpc) is 2.75. The molecule has 6 nitrogen and oxygen atoms in total. The molecule has 0 aliphatic heterocycles. The van der Waals surface area contributed by atoms with Crippen molar-refractivity contribution in [1.82, 2.24) is 0 Å². The number of halogens is 1. The molecule has 3 aromatic carbocycles. The van der Waals surface area contributed by atoms with Crippen LogP contribution >= 0.6 is 11.6 Å². The SMILES string of the molecule is N#Cc1ccc(NC(=O)Cc2ccc(Oc3cc(C#N)cc(C#N)c3)c(Cl)c2)cc1. The number of hydrogen-bond donors (Lipinski definition) is 1. The predicted molar refractivity (Wildman–Crippen MR) is 111 cm³/mol. The van der Waals surface area contributed by atoms with Crippen molar-refractivity contribution in [1.29, 1.82) is 15.8 Å². The van der Waals surface area contributed by atoms with Crippen LogP contribution in [-0.4, -0.2) is 5.91 Å². The van der Waals surface area contributed by atoms with Crippen LogP contribution in [0.3, 0.4) is 0 Å². The molecule has 0 bridgehead atoms. The first-order valence-corrected chi connectivity index (χ1v) is 9.10. The van der Waals surface area contributed by atoms with E-state index in [2.05, 4.69) is 5.32 Å². The zero-order valence-corrected chi connectivity index (χ0v) is 16.3. The first-order chi connectivity index (χ1) is 14.5. The molecule has 144 valence electrons. The van der Waals surface area contributed by atoms with Gasteiger partial charge in [0.15, 0.2) is 0 Å². The second-order valence-electron chi connectivity index (χ2n) is 6.25. The number of nitrogens with zero attached hydrogens (tertiary/aromatic N) is 3. The van der Waals surface area contributed by atoms with E-state index < -0.39 is 0 Å². The van der Waals surface area contributed by atoms with Crippen molar-refractivity contribution in [3.63, 3.8) is 0 Å². The van der Waals surface area contributed by atoms with Gasteiger partial charge in [0.05, 0.1) is 46.3 Å². The van der Waals surface area contributed by atoms with Gasteiger partial charge in [-0.3, -0.25) is 4.79 Å². The molecular weight excluding hydrogens is 400 g/mol. The van der Waals surface area contributed by atoms with E-state index in [9.17, 15) is 4.79 Å². The first-order valence-electron chi connectivity index (χ1n) is 8.72. The summed E-state index contributed by atoms with van der Waals surface area (Å²) in [6, 6.07) is 22.0. The van der Waals surface area contributed by atoms with Crippen molar-refractivity contribution in [2.45, 2.75) is 6.42 Å². The van der Waals surface area contributed by atoms with Crippen LogP contribution in [0.1, 0.15) is 22.3 Å². The highest BCUT2D eigenvalue weighted by Crippen LogP contribution is 2.31. The smallest absolute Gasteiger partial charge is 0.228 e. The Labute approximate surface area is 178 Å². The number of amides is 1. The van der Waals surface area contributed by atoms with Gasteiger partial charge in [0.1, 0.15) is 11.5 Å². The van der Waals surface area contributed by atoms with Gasteiger partial charge in [-0.2, -0.15) is 15.8 Å². The van der Waals surface area contributed by atoms with Gasteiger partial charge in [-0.05, 0) is 60.2 Å². The summed E-state index contributed by atoms with van der Waals surface area (Å²) in [6.45, 7) is 0. The highest BCUT2D eigenvalue weighted by molar-refractivity contribution is 6.32. The van der Waals surface area contributed by atoms with Gasteiger partial charge in [0, 0.05) is 5.69 Å². The maximum Gasteiger partial charge on any atom is 0.228 e. The maximum atomic E-state index is 12.3. The summed E-state index contributed by atoms with van der Waals surface area (Å²) in [6.07, 6.45) is 0.0997. The number of nitrogens with one attached hydrogen (secondary N) is 1. The second kappa shape index (κ2) is 9.26. The predicted octanol–water partition coefficient (Wildman–Crippen LogP) is 4.93. The highest BCUT2D eigenvalue weighted by atomic mass is 35.5. The summed E-state index contributed by atoms with van der Waals surface area (Å²) in [5, 5.41) is 30.0. The van der Waals surface area contributed by atoms with Gasteiger partial charge in [0.25, 0.3) is 0 Å². The first kappa shape index (κ1) is 20.4. The summed E-state index contributed by atoms with van der Waals surface area (Å²) < 4.78 is 5.71. The topological polar surface area (TPSA) is 110 Å². The molecule has 0 aliphatic rings. The molecule has 3 aromatic rings. The van der Waals surface area contributed by atoms with Crippen LogP contribution in [0.15, 0.2) is 60.7 Å². The number of rotatable bonds is 5. The van der Waals surface area contributed by atoms with Gasteiger partial charge >= 0.3 is 0 Å². The number of nitriles is 3. The third kappa shape index (κ3) is 5.14. The van der Waals surface area contributed by atoms with Crippen LogP contribution < -0.4 is 10.1 Å². The molecule has 0 aliphatic carbocycles. The van der Waals surface area contributed by atoms with Crippen LogP contribution in [0.2, 0.25) is 5.02 Å². The summed E-state index contributed by atoms with van der Waals surface area (Å²) in [4.78, 5) is 12.3. The van der Waals surface area contributed by atoms with Crippen molar-refractivity contribution >= 4 is 23.2 Å². The van der Waals surface area contributed by atoms with E-state index in [0.29, 0.717) is 44.5 Å². The summed E-state index contributed by atoms with van der Waals surface area (Å²) >= 11 is 6.29. The van der Waals surface area contributed by atoms with Crippen LogP contribution in [0.5, 0.6) is 11.5 Å². The third-order valence-corrected chi connectivity index (χ3v) is 4.35. The number of carbonyl (C=O) groups excluding carboxylic acids is 1. The lowest BCUT2D eigenvalue weighted by atomic mass is 10.1. The summed E-state index contributed by atoms with van der Waals surface area (Å²) in [5.41, 5.74) is 2.39. The Morgan fingerprint density at radius 1 is 0.867 bits per heavy atom. The van der Waals surface area contributed by atoms with Gasteiger partial charge < -0.3 is 10.1 Å². The Morgan fingerprint density at radius 3 is 2.07 bits per heavy atom. The average molecular weight is 413 g/mol. The van der Waals surface area contributed by atoms with E-state index in [1.54, 1.807) is 42.5 Å². The maximum absolute atomic E-state index is 12.3.